The Morgan fingerprint density at radius 1 is 0.854 bits per heavy atom. The first-order chi connectivity index (χ1) is 20.1. The highest BCUT2D eigenvalue weighted by Gasteiger charge is 2.16. The van der Waals surface area contributed by atoms with Crippen LogP contribution in [0.5, 0.6) is 0 Å². The Morgan fingerprint density at radius 2 is 1.71 bits per heavy atom. The van der Waals surface area contributed by atoms with Crippen LogP contribution in [0, 0.1) is 5.82 Å². The van der Waals surface area contributed by atoms with Gasteiger partial charge in [0, 0.05) is 28.7 Å². The summed E-state index contributed by atoms with van der Waals surface area (Å²) >= 11 is 0. The Labute approximate surface area is 233 Å². The van der Waals surface area contributed by atoms with Gasteiger partial charge in [-0.2, -0.15) is 5.10 Å². The molecule has 0 unspecified atom stereocenters. The summed E-state index contributed by atoms with van der Waals surface area (Å²) in [5.74, 6) is -0.403. The van der Waals surface area contributed by atoms with Gasteiger partial charge in [0.05, 0.1) is 41.4 Å². The number of amides is 1. The molecule has 0 aliphatic rings. The number of nitrogens with zero attached hydrogens (tertiary/aromatic N) is 4. The molecule has 0 saturated carbocycles. The maximum absolute atomic E-state index is 13.5. The molecule has 3 N–H and O–H groups in total. The summed E-state index contributed by atoms with van der Waals surface area (Å²) < 4.78 is 13.5. The summed E-state index contributed by atoms with van der Waals surface area (Å²) in [4.78, 5) is 29.4. The molecule has 0 saturated heterocycles. The third-order valence-corrected chi connectivity index (χ3v) is 6.91. The predicted octanol–water partition coefficient (Wildman–Crippen LogP) is 6.55. The van der Waals surface area contributed by atoms with E-state index in [0.29, 0.717) is 22.7 Å². The van der Waals surface area contributed by atoms with Crippen molar-refractivity contribution in [2.24, 2.45) is 0 Å². The van der Waals surface area contributed by atoms with E-state index in [1.165, 1.54) is 12.1 Å². The molecule has 0 aliphatic heterocycles. The fourth-order valence-electron chi connectivity index (χ4n) is 4.95. The number of halogens is 1. The number of hydrogen-bond donors (Lipinski definition) is 3. The zero-order valence-electron chi connectivity index (χ0n) is 21.6. The number of fused-ring (bicyclic) bond motifs is 2. The van der Waals surface area contributed by atoms with E-state index < -0.39 is 0 Å². The van der Waals surface area contributed by atoms with Gasteiger partial charge in [0.2, 0.25) is 5.91 Å². The second kappa shape index (κ2) is 10.1. The zero-order valence-corrected chi connectivity index (χ0v) is 21.6. The lowest BCUT2D eigenvalue weighted by Gasteiger charge is -2.07. The number of nitrogens with one attached hydrogen (secondary N) is 3. The molecule has 0 fully saturated rings. The van der Waals surface area contributed by atoms with Crippen LogP contribution in [-0.2, 0) is 11.2 Å². The number of anilines is 1. The van der Waals surface area contributed by atoms with Gasteiger partial charge < -0.3 is 10.3 Å². The first-order valence-corrected chi connectivity index (χ1v) is 13.0. The summed E-state index contributed by atoms with van der Waals surface area (Å²) in [5.41, 5.74) is 7.78. The lowest BCUT2D eigenvalue weighted by atomic mass is 10.0. The molecule has 198 valence electrons. The van der Waals surface area contributed by atoms with Crippen LogP contribution < -0.4 is 5.32 Å². The van der Waals surface area contributed by atoms with Crippen molar-refractivity contribution in [1.29, 1.82) is 0 Å². The second-order valence-corrected chi connectivity index (χ2v) is 9.67. The van der Waals surface area contributed by atoms with Crippen LogP contribution in [0.3, 0.4) is 0 Å². The van der Waals surface area contributed by atoms with Crippen LogP contribution in [-0.4, -0.2) is 36.0 Å². The van der Waals surface area contributed by atoms with Gasteiger partial charge in [-0.15, -0.1) is 0 Å². The number of H-pyrrole nitrogens is 2. The van der Waals surface area contributed by atoms with E-state index in [2.05, 4.69) is 35.5 Å². The monoisotopic (exact) mass is 539 g/mol. The maximum atomic E-state index is 13.5. The highest BCUT2D eigenvalue weighted by atomic mass is 19.1. The predicted molar refractivity (Wildman–Crippen MR) is 156 cm³/mol. The van der Waals surface area contributed by atoms with Crippen molar-refractivity contribution >= 4 is 33.5 Å². The van der Waals surface area contributed by atoms with Crippen molar-refractivity contribution in [3.05, 3.63) is 115 Å². The van der Waals surface area contributed by atoms with Gasteiger partial charge in [0.1, 0.15) is 17.2 Å². The van der Waals surface area contributed by atoms with Crippen LogP contribution in [0.15, 0.2) is 104 Å². The van der Waals surface area contributed by atoms with Crippen molar-refractivity contribution in [1.82, 2.24) is 30.1 Å². The summed E-state index contributed by atoms with van der Waals surface area (Å²) in [5, 5.41) is 12.3. The Bertz CT molecular complexity index is 2030. The van der Waals surface area contributed by atoms with Gasteiger partial charge >= 0.3 is 0 Å². The Balaban J connectivity index is 1.21. The first-order valence-electron chi connectivity index (χ1n) is 13.0. The van der Waals surface area contributed by atoms with E-state index in [9.17, 15) is 9.18 Å². The molecular weight excluding hydrogens is 517 g/mol. The molecular formula is C32H22FN7O. The number of rotatable bonds is 6. The van der Waals surface area contributed by atoms with E-state index in [4.69, 9.17) is 0 Å². The number of aromatic amines is 2. The molecule has 5 aromatic heterocycles. The summed E-state index contributed by atoms with van der Waals surface area (Å²) in [6.45, 7) is 0. The van der Waals surface area contributed by atoms with E-state index >= 15 is 0 Å². The van der Waals surface area contributed by atoms with Crippen molar-refractivity contribution < 1.29 is 9.18 Å². The lowest BCUT2D eigenvalue weighted by Crippen LogP contribution is -2.14. The van der Waals surface area contributed by atoms with Crippen LogP contribution in [0.25, 0.3) is 55.7 Å². The molecule has 7 aromatic rings. The van der Waals surface area contributed by atoms with Crippen LogP contribution in [0.4, 0.5) is 10.1 Å². The minimum absolute atomic E-state index is 0.122. The largest absolute Gasteiger partial charge is 0.338 e. The lowest BCUT2D eigenvalue weighted by molar-refractivity contribution is -0.115. The van der Waals surface area contributed by atoms with E-state index in [0.717, 1.165) is 44.2 Å². The molecule has 1 amide bonds. The van der Waals surface area contributed by atoms with Crippen molar-refractivity contribution in [3.8, 4) is 33.8 Å². The van der Waals surface area contributed by atoms with Crippen molar-refractivity contribution in [3.63, 3.8) is 0 Å². The number of carbonyl (C=O) groups excluding carboxylic acids is 1. The molecule has 8 nitrogen and oxygen atoms in total. The summed E-state index contributed by atoms with van der Waals surface area (Å²) in [7, 11) is 0. The molecule has 7 rings (SSSR count). The molecule has 9 heteroatoms. The van der Waals surface area contributed by atoms with Crippen molar-refractivity contribution in [2.75, 3.05) is 5.32 Å². The second-order valence-electron chi connectivity index (χ2n) is 9.67. The highest BCUT2D eigenvalue weighted by Crippen LogP contribution is 2.34. The van der Waals surface area contributed by atoms with E-state index in [1.54, 1.807) is 36.9 Å². The van der Waals surface area contributed by atoms with Crippen LogP contribution >= 0.6 is 0 Å². The SMILES string of the molecule is O=C(Cc1ccccc1)Nc1cncc(-c2cc3c(-c4cc5c(-c6ccc(F)cc6)ccnc5[nH]4)n[nH]c3cn2)c1. The molecule has 5 heterocycles. The Morgan fingerprint density at radius 3 is 2.56 bits per heavy atom. The van der Waals surface area contributed by atoms with Gasteiger partial charge in [0.15, 0.2) is 0 Å². The van der Waals surface area contributed by atoms with Gasteiger partial charge in [0.25, 0.3) is 0 Å². The standard InChI is InChI=1S/C32H22FN7O/c33-22-8-6-20(7-9-22)24-10-11-35-32-25(24)14-28(38-32)31-26-15-27(36-18-29(26)39-40-31)21-13-23(17-34-16-21)37-30(41)12-19-4-2-1-3-5-19/h1-11,13-18H,12H2,(H,35,38)(H,37,41)(H,39,40). The quantitative estimate of drug-likeness (QED) is 0.222. The molecule has 41 heavy (non-hydrogen) atoms. The van der Waals surface area contributed by atoms with Crippen LogP contribution in [0.1, 0.15) is 5.56 Å². The normalized spacial score (nSPS) is 11.2. The molecule has 0 spiro atoms. The minimum atomic E-state index is -0.281. The van der Waals surface area contributed by atoms with Crippen molar-refractivity contribution in [2.45, 2.75) is 6.42 Å². The molecule has 0 bridgehead atoms. The van der Waals surface area contributed by atoms with E-state index in [-0.39, 0.29) is 18.1 Å². The number of hydrogen-bond acceptors (Lipinski definition) is 5. The summed E-state index contributed by atoms with van der Waals surface area (Å²) in [6, 6.07) is 23.7. The third kappa shape index (κ3) is 4.80. The topological polar surface area (TPSA) is 112 Å². The molecule has 0 aliphatic carbocycles. The van der Waals surface area contributed by atoms with Crippen LogP contribution in [0.2, 0.25) is 0 Å². The average molecular weight is 540 g/mol. The number of pyridine rings is 3. The first kappa shape index (κ1) is 24.3. The van der Waals surface area contributed by atoms with Gasteiger partial charge in [-0.1, -0.05) is 42.5 Å². The molecule has 0 radical (unpaired) electrons. The number of carbonyl (C=O) groups is 1. The minimum Gasteiger partial charge on any atom is -0.338 e. The van der Waals surface area contributed by atoms with Gasteiger partial charge in [-0.05, 0) is 53.1 Å². The molecule has 2 aromatic carbocycles. The highest BCUT2D eigenvalue weighted by molar-refractivity contribution is 6.00. The third-order valence-electron chi connectivity index (χ3n) is 6.91. The Hall–Kier alpha value is -5.70. The number of benzene rings is 2. The Kier molecular flexibility index (Phi) is 6.01. The average Bonchev–Trinajstić information content (AvgIpc) is 3.62. The smallest absolute Gasteiger partial charge is 0.228 e. The fourth-order valence-corrected chi connectivity index (χ4v) is 4.95. The van der Waals surface area contributed by atoms with Gasteiger partial charge in [-0.3, -0.25) is 19.9 Å². The zero-order chi connectivity index (χ0) is 27.8. The number of aromatic nitrogens is 6. The van der Waals surface area contributed by atoms with E-state index in [1.807, 2.05) is 54.6 Å². The fraction of sp³-hybridized carbons (Fsp3) is 0.0312. The van der Waals surface area contributed by atoms with Gasteiger partial charge in [-0.25, -0.2) is 9.37 Å². The summed E-state index contributed by atoms with van der Waals surface area (Å²) in [6.07, 6.45) is 7.06. The maximum Gasteiger partial charge on any atom is 0.228 e. The molecule has 0 atom stereocenters.